The lowest BCUT2D eigenvalue weighted by molar-refractivity contribution is -0.0841. The highest BCUT2D eigenvalue weighted by molar-refractivity contribution is 7.83. The second-order valence-electron chi connectivity index (χ2n) is 8.60. The highest BCUT2D eigenvalue weighted by Gasteiger charge is 2.45. The molecular formula is C26H31ClN2O3P2. The van der Waals surface area contributed by atoms with Gasteiger partial charge in [-0.3, -0.25) is 9.46 Å². The van der Waals surface area contributed by atoms with Crippen molar-refractivity contribution in [3.63, 3.8) is 0 Å². The third-order valence-electron chi connectivity index (χ3n) is 6.14. The number of hydrogen-bond acceptors (Lipinski definition) is 4. The van der Waals surface area contributed by atoms with Crippen molar-refractivity contribution < 1.29 is 13.8 Å². The first kappa shape index (κ1) is 25.5. The van der Waals surface area contributed by atoms with Crippen molar-refractivity contribution in [2.75, 3.05) is 33.8 Å². The summed E-state index contributed by atoms with van der Waals surface area (Å²) < 4.78 is 25.8. The minimum absolute atomic E-state index is 0.132. The van der Waals surface area contributed by atoms with Gasteiger partial charge in [-0.15, -0.1) is 9.24 Å². The second kappa shape index (κ2) is 11.0. The van der Waals surface area contributed by atoms with Crippen LogP contribution < -0.4 is 0 Å². The van der Waals surface area contributed by atoms with Gasteiger partial charge < -0.3 is 9.26 Å². The molecular weight excluding hydrogens is 486 g/mol. The van der Waals surface area contributed by atoms with Crippen LogP contribution in [0.5, 0.6) is 0 Å². The number of rotatable bonds is 8. The van der Waals surface area contributed by atoms with Crippen molar-refractivity contribution in [1.82, 2.24) is 9.57 Å². The molecule has 3 aromatic carbocycles. The zero-order valence-corrected chi connectivity index (χ0v) is 22.3. The summed E-state index contributed by atoms with van der Waals surface area (Å²) in [5.74, 6) is -0.132. The summed E-state index contributed by atoms with van der Waals surface area (Å²) in [7, 11) is 6.08. The summed E-state index contributed by atoms with van der Waals surface area (Å²) in [5.41, 5.74) is 2.96. The van der Waals surface area contributed by atoms with Crippen LogP contribution in [-0.4, -0.2) is 55.3 Å². The van der Waals surface area contributed by atoms with E-state index in [9.17, 15) is 4.57 Å². The van der Waals surface area contributed by atoms with Gasteiger partial charge in [-0.25, -0.2) is 4.67 Å². The maximum atomic E-state index is 12.6. The fourth-order valence-electron chi connectivity index (χ4n) is 4.61. The van der Waals surface area contributed by atoms with Crippen LogP contribution in [0.25, 0.3) is 0 Å². The topological polar surface area (TPSA) is 42.0 Å². The van der Waals surface area contributed by atoms with Gasteiger partial charge in [0.15, 0.2) is 0 Å². The minimum atomic E-state index is -3.39. The van der Waals surface area contributed by atoms with Crippen LogP contribution >= 0.6 is 27.4 Å². The molecule has 0 radical (unpaired) electrons. The molecule has 4 rings (SSSR count). The average Bonchev–Trinajstić information content (AvgIpc) is 2.85. The van der Waals surface area contributed by atoms with Crippen molar-refractivity contribution >= 4 is 27.4 Å². The van der Waals surface area contributed by atoms with Crippen molar-refractivity contribution in [2.45, 2.75) is 17.5 Å². The quantitative estimate of drug-likeness (QED) is 0.279. The number of ether oxygens (including phenoxy) is 1. The standard InChI is InChI=1S/C26H31ClN2O3P2/c1-28(2)34(27,30)31-20-24-18-29(19-25(33)32-24)26(21-12-6-3-7-13-21,22-14-8-4-9-15-22)23-16-10-5-11-17-23/h3-17,24-25H,18-20,33H2,1-2H3. The molecule has 0 spiro atoms. The molecule has 1 heterocycles. The van der Waals surface area contributed by atoms with Crippen LogP contribution in [0.15, 0.2) is 91.0 Å². The Morgan fingerprint density at radius 2 is 1.38 bits per heavy atom. The Balaban J connectivity index is 1.81. The molecule has 1 fully saturated rings. The predicted molar refractivity (Wildman–Crippen MR) is 142 cm³/mol. The molecule has 8 heteroatoms. The third kappa shape index (κ3) is 5.32. The Hall–Kier alpha value is -1.55. The second-order valence-corrected chi connectivity index (χ2v) is 12.6. The van der Waals surface area contributed by atoms with Gasteiger partial charge in [-0.2, -0.15) is 0 Å². The van der Waals surface area contributed by atoms with Crippen LogP contribution in [0.4, 0.5) is 0 Å². The van der Waals surface area contributed by atoms with Crippen LogP contribution in [0.2, 0.25) is 0 Å². The molecule has 1 aliphatic heterocycles. The predicted octanol–water partition coefficient (Wildman–Crippen LogP) is 5.81. The fraction of sp³-hybridized carbons (Fsp3) is 0.308. The normalized spacial score (nSPS) is 21.3. The highest BCUT2D eigenvalue weighted by Crippen LogP contribution is 2.54. The zero-order valence-electron chi connectivity index (χ0n) is 19.5. The molecule has 180 valence electrons. The molecule has 0 aliphatic carbocycles. The number of benzene rings is 3. The largest absolute Gasteiger partial charge is 0.366 e. The number of halogens is 1. The first-order chi connectivity index (χ1) is 16.3. The molecule has 0 aromatic heterocycles. The molecule has 0 saturated carbocycles. The molecule has 34 heavy (non-hydrogen) atoms. The Morgan fingerprint density at radius 1 is 0.941 bits per heavy atom. The van der Waals surface area contributed by atoms with Crippen molar-refractivity contribution in [2.24, 2.45) is 0 Å². The summed E-state index contributed by atoms with van der Waals surface area (Å²) in [6, 6.07) is 31.7. The van der Waals surface area contributed by atoms with Gasteiger partial charge in [0.25, 0.3) is 0 Å². The Morgan fingerprint density at radius 3 is 1.79 bits per heavy atom. The minimum Gasteiger partial charge on any atom is -0.366 e. The van der Waals surface area contributed by atoms with E-state index in [2.05, 4.69) is 86.9 Å². The lowest BCUT2D eigenvalue weighted by Gasteiger charge is -2.50. The molecule has 5 nitrogen and oxygen atoms in total. The van der Waals surface area contributed by atoms with Gasteiger partial charge in [0.05, 0.1) is 24.1 Å². The third-order valence-corrected chi connectivity index (χ3v) is 9.13. The number of nitrogens with zero attached hydrogens (tertiary/aromatic N) is 2. The average molecular weight is 517 g/mol. The smallest absolute Gasteiger partial charge is 0.362 e. The maximum Gasteiger partial charge on any atom is 0.362 e. The van der Waals surface area contributed by atoms with Gasteiger partial charge in [0.1, 0.15) is 0 Å². The van der Waals surface area contributed by atoms with Gasteiger partial charge in [0.2, 0.25) is 0 Å². The molecule has 4 unspecified atom stereocenters. The van der Waals surface area contributed by atoms with E-state index in [1.165, 1.54) is 21.4 Å². The summed E-state index contributed by atoms with van der Waals surface area (Å²) >= 11 is 6.13. The number of hydrogen-bond donors (Lipinski definition) is 0. The lowest BCUT2D eigenvalue weighted by atomic mass is 9.75. The van der Waals surface area contributed by atoms with Crippen LogP contribution in [0.3, 0.4) is 0 Å². The molecule has 3 aromatic rings. The summed E-state index contributed by atoms with van der Waals surface area (Å²) in [6.07, 6.45) is -0.307. The van der Waals surface area contributed by atoms with E-state index >= 15 is 0 Å². The fourth-order valence-corrected chi connectivity index (χ4v) is 5.84. The van der Waals surface area contributed by atoms with Crippen LogP contribution in [-0.2, 0) is 19.4 Å². The molecule has 4 atom stereocenters. The van der Waals surface area contributed by atoms with E-state index in [1.54, 1.807) is 14.1 Å². The van der Waals surface area contributed by atoms with Gasteiger partial charge in [-0.05, 0) is 42.0 Å². The van der Waals surface area contributed by atoms with Crippen molar-refractivity contribution in [3.8, 4) is 0 Å². The Bertz CT molecular complexity index is 1010. The summed E-state index contributed by atoms with van der Waals surface area (Å²) in [6.45, 7) is -1.99. The van der Waals surface area contributed by atoms with E-state index in [4.69, 9.17) is 20.5 Å². The first-order valence-corrected chi connectivity index (χ1v) is 14.4. The zero-order chi connectivity index (χ0) is 24.2. The summed E-state index contributed by atoms with van der Waals surface area (Å²) in [4.78, 5) is 2.44. The molecule has 1 aliphatic rings. The Kier molecular flexibility index (Phi) is 8.28. The summed E-state index contributed by atoms with van der Waals surface area (Å²) in [5, 5.41) is 0. The van der Waals surface area contributed by atoms with Crippen LogP contribution in [0, 0.1) is 0 Å². The van der Waals surface area contributed by atoms with Gasteiger partial charge >= 0.3 is 6.87 Å². The SMILES string of the molecule is CN(C)P(=O)(Cl)OCC1CN(C(c2ccccc2)(c2ccccc2)c2ccccc2)CC(P)O1. The van der Waals surface area contributed by atoms with Crippen molar-refractivity contribution in [1.29, 1.82) is 0 Å². The molecule has 0 N–H and O–H groups in total. The first-order valence-electron chi connectivity index (χ1n) is 11.3. The Labute approximate surface area is 209 Å². The van der Waals surface area contributed by atoms with E-state index < -0.39 is 12.4 Å². The van der Waals surface area contributed by atoms with Gasteiger partial charge in [0, 0.05) is 13.1 Å². The molecule has 0 amide bonds. The van der Waals surface area contributed by atoms with E-state index in [0.717, 1.165) is 0 Å². The molecule has 1 saturated heterocycles. The number of morpholine rings is 1. The van der Waals surface area contributed by atoms with Gasteiger partial charge in [-0.1, -0.05) is 91.0 Å². The van der Waals surface area contributed by atoms with E-state index in [-0.39, 0.29) is 18.6 Å². The maximum absolute atomic E-state index is 12.6. The van der Waals surface area contributed by atoms with E-state index in [1.807, 2.05) is 18.2 Å². The monoisotopic (exact) mass is 516 g/mol. The molecule has 0 bridgehead atoms. The van der Waals surface area contributed by atoms with Crippen molar-refractivity contribution in [3.05, 3.63) is 108 Å². The highest BCUT2D eigenvalue weighted by atomic mass is 35.7. The van der Waals surface area contributed by atoms with Crippen LogP contribution in [0.1, 0.15) is 16.7 Å². The lowest BCUT2D eigenvalue weighted by Crippen LogP contribution is -2.57. The van der Waals surface area contributed by atoms with E-state index in [0.29, 0.717) is 13.1 Å².